The molecule has 1 N–H and O–H groups in total. The molecule has 0 saturated carbocycles. The fraction of sp³-hybridized carbons (Fsp3) is 0.389. The van der Waals surface area contributed by atoms with Crippen molar-refractivity contribution in [3.63, 3.8) is 0 Å². The van der Waals surface area contributed by atoms with E-state index in [1.165, 1.54) is 4.88 Å². The Hall–Kier alpha value is -1.33. The van der Waals surface area contributed by atoms with Crippen molar-refractivity contribution in [1.29, 1.82) is 0 Å². The Bertz CT molecular complexity index is 667. The number of amides is 1. The van der Waals surface area contributed by atoms with Crippen LogP contribution in [0.25, 0.3) is 0 Å². The Morgan fingerprint density at radius 1 is 1.30 bits per heavy atom. The third kappa shape index (κ3) is 5.66. The third-order valence-electron chi connectivity index (χ3n) is 3.47. The second kappa shape index (κ2) is 8.50. The second-order valence-corrected chi connectivity index (χ2v) is 8.34. The Kier molecular flexibility index (Phi) is 6.66. The normalized spacial score (nSPS) is 10.8. The summed E-state index contributed by atoms with van der Waals surface area (Å²) in [5.41, 5.74) is 2.26. The Morgan fingerprint density at radius 3 is 2.74 bits per heavy atom. The maximum Gasteiger partial charge on any atom is 0.257 e. The maximum absolute atomic E-state index is 11.9. The molecule has 1 aromatic heterocycles. The summed E-state index contributed by atoms with van der Waals surface area (Å²) in [6, 6.07) is 10.2. The molecule has 0 aliphatic heterocycles. The van der Waals surface area contributed by atoms with Crippen LogP contribution in [0.3, 0.4) is 0 Å². The van der Waals surface area contributed by atoms with Crippen LogP contribution in [0, 0.1) is 6.92 Å². The van der Waals surface area contributed by atoms with Gasteiger partial charge in [0.25, 0.3) is 5.91 Å². The zero-order valence-electron chi connectivity index (χ0n) is 13.7. The average Bonchev–Trinajstić information content (AvgIpc) is 2.90. The van der Waals surface area contributed by atoms with E-state index < -0.39 is 0 Å². The first-order valence-corrected chi connectivity index (χ1v) is 9.31. The van der Waals surface area contributed by atoms with Crippen LogP contribution < -0.4 is 10.1 Å². The number of thiophene rings is 1. The van der Waals surface area contributed by atoms with Crippen molar-refractivity contribution >= 4 is 33.2 Å². The van der Waals surface area contributed by atoms with Gasteiger partial charge in [0.2, 0.25) is 0 Å². The topological polar surface area (TPSA) is 38.3 Å². The number of carbonyl (C=O) groups excluding carboxylic acids is 1. The van der Waals surface area contributed by atoms with Crippen molar-refractivity contribution in [2.24, 2.45) is 0 Å². The van der Waals surface area contributed by atoms with Crippen LogP contribution in [0.15, 0.2) is 34.1 Å². The highest BCUT2D eigenvalue weighted by Gasteiger charge is 2.10. The average molecular weight is 396 g/mol. The lowest BCUT2D eigenvalue weighted by Gasteiger charge is -2.14. The molecule has 23 heavy (non-hydrogen) atoms. The van der Waals surface area contributed by atoms with Gasteiger partial charge in [-0.05, 0) is 64.5 Å². The molecule has 0 unspecified atom stereocenters. The molecule has 1 amide bonds. The van der Waals surface area contributed by atoms with Crippen LogP contribution >= 0.6 is 27.3 Å². The molecular formula is C18H22BrNO2S. The first-order chi connectivity index (χ1) is 11.0. The molecule has 0 atom stereocenters. The molecule has 0 radical (unpaired) electrons. The van der Waals surface area contributed by atoms with Crippen molar-refractivity contribution in [3.8, 4) is 5.75 Å². The number of hydrogen-bond acceptors (Lipinski definition) is 3. The third-order valence-corrected chi connectivity index (χ3v) is 5.16. The summed E-state index contributed by atoms with van der Waals surface area (Å²) in [7, 11) is 0. The monoisotopic (exact) mass is 395 g/mol. The van der Waals surface area contributed by atoms with Crippen LogP contribution in [0.5, 0.6) is 5.75 Å². The minimum atomic E-state index is -0.0863. The molecule has 1 aromatic carbocycles. The van der Waals surface area contributed by atoms with Gasteiger partial charge in [-0.25, -0.2) is 0 Å². The second-order valence-electron chi connectivity index (χ2n) is 5.79. The zero-order valence-corrected chi connectivity index (χ0v) is 16.1. The molecule has 5 heteroatoms. The number of benzene rings is 1. The van der Waals surface area contributed by atoms with E-state index in [1.807, 2.05) is 19.1 Å². The van der Waals surface area contributed by atoms with Gasteiger partial charge in [-0.3, -0.25) is 4.79 Å². The first kappa shape index (κ1) is 18.0. The number of ether oxygens (including phenoxy) is 1. The highest BCUT2D eigenvalue weighted by Crippen LogP contribution is 2.27. The standard InChI is InChI=1S/C18H22BrNO2S/c1-12(2)15-6-4-13(3)10-16(15)22-11-18(21)20-9-8-14-5-7-17(19)23-14/h4-7,10,12H,8-9,11H2,1-3H3,(H,20,21). The van der Waals surface area contributed by atoms with Gasteiger partial charge < -0.3 is 10.1 Å². The number of rotatable bonds is 7. The summed E-state index contributed by atoms with van der Waals surface area (Å²) < 4.78 is 6.84. The van der Waals surface area contributed by atoms with E-state index in [0.717, 1.165) is 27.1 Å². The molecular weight excluding hydrogens is 374 g/mol. The SMILES string of the molecule is Cc1ccc(C(C)C)c(OCC(=O)NCCc2ccc(Br)s2)c1. The highest BCUT2D eigenvalue weighted by molar-refractivity contribution is 9.11. The lowest BCUT2D eigenvalue weighted by Crippen LogP contribution is -2.30. The highest BCUT2D eigenvalue weighted by atomic mass is 79.9. The summed E-state index contributed by atoms with van der Waals surface area (Å²) in [5, 5.41) is 2.90. The fourth-order valence-corrected chi connectivity index (χ4v) is 3.73. The van der Waals surface area contributed by atoms with Crippen LogP contribution in [-0.2, 0) is 11.2 Å². The van der Waals surface area contributed by atoms with Crippen molar-refractivity contribution < 1.29 is 9.53 Å². The van der Waals surface area contributed by atoms with Crippen molar-refractivity contribution in [2.75, 3.05) is 13.2 Å². The van der Waals surface area contributed by atoms with E-state index in [2.05, 4.69) is 53.3 Å². The van der Waals surface area contributed by atoms with Gasteiger partial charge in [0.1, 0.15) is 5.75 Å². The molecule has 2 rings (SSSR count). The van der Waals surface area contributed by atoms with E-state index in [-0.39, 0.29) is 12.5 Å². The van der Waals surface area contributed by atoms with Gasteiger partial charge in [0.15, 0.2) is 6.61 Å². The maximum atomic E-state index is 11.9. The van der Waals surface area contributed by atoms with Crippen molar-refractivity contribution in [3.05, 3.63) is 50.1 Å². The van der Waals surface area contributed by atoms with E-state index >= 15 is 0 Å². The molecule has 0 saturated heterocycles. The molecule has 0 aliphatic rings. The molecule has 0 fully saturated rings. The molecule has 0 bridgehead atoms. The lowest BCUT2D eigenvalue weighted by molar-refractivity contribution is -0.123. The van der Waals surface area contributed by atoms with Gasteiger partial charge in [0.05, 0.1) is 3.79 Å². The number of halogens is 1. The van der Waals surface area contributed by atoms with Gasteiger partial charge in [-0.1, -0.05) is 26.0 Å². The molecule has 0 aliphatic carbocycles. The number of aryl methyl sites for hydroxylation is 1. The number of hydrogen-bond donors (Lipinski definition) is 1. The quantitative estimate of drug-likeness (QED) is 0.738. The van der Waals surface area contributed by atoms with Crippen LogP contribution in [0.2, 0.25) is 0 Å². The number of nitrogens with one attached hydrogen (secondary N) is 1. The van der Waals surface area contributed by atoms with E-state index in [1.54, 1.807) is 11.3 Å². The first-order valence-electron chi connectivity index (χ1n) is 7.70. The predicted molar refractivity (Wildman–Crippen MR) is 99.5 cm³/mol. The van der Waals surface area contributed by atoms with Crippen molar-refractivity contribution in [1.82, 2.24) is 5.32 Å². The van der Waals surface area contributed by atoms with Gasteiger partial charge in [-0.2, -0.15) is 0 Å². The Balaban J connectivity index is 1.81. The summed E-state index contributed by atoms with van der Waals surface area (Å²) in [6.07, 6.45) is 0.837. The predicted octanol–water partition coefficient (Wildman–Crippen LogP) is 4.68. The summed E-state index contributed by atoms with van der Waals surface area (Å²) >= 11 is 5.13. The summed E-state index contributed by atoms with van der Waals surface area (Å²) in [6.45, 7) is 6.95. The molecule has 0 spiro atoms. The Labute approximate surface area is 150 Å². The molecule has 1 heterocycles. The molecule has 2 aromatic rings. The lowest BCUT2D eigenvalue weighted by atomic mass is 10.0. The van der Waals surface area contributed by atoms with Crippen molar-refractivity contribution in [2.45, 2.75) is 33.1 Å². The summed E-state index contributed by atoms with van der Waals surface area (Å²) in [5.74, 6) is 1.08. The van der Waals surface area contributed by atoms with Gasteiger partial charge in [0, 0.05) is 11.4 Å². The Morgan fingerprint density at radius 2 is 2.09 bits per heavy atom. The zero-order chi connectivity index (χ0) is 16.8. The minimum Gasteiger partial charge on any atom is -0.483 e. The number of carbonyl (C=O) groups is 1. The molecule has 124 valence electrons. The molecule has 3 nitrogen and oxygen atoms in total. The van der Waals surface area contributed by atoms with Crippen LogP contribution in [0.1, 0.15) is 35.8 Å². The minimum absolute atomic E-state index is 0.0529. The fourth-order valence-electron chi connectivity index (χ4n) is 2.25. The van der Waals surface area contributed by atoms with Crippen LogP contribution in [0.4, 0.5) is 0 Å². The van der Waals surface area contributed by atoms with Gasteiger partial charge >= 0.3 is 0 Å². The van der Waals surface area contributed by atoms with Crippen LogP contribution in [-0.4, -0.2) is 19.1 Å². The van der Waals surface area contributed by atoms with E-state index in [9.17, 15) is 4.79 Å². The summed E-state index contributed by atoms with van der Waals surface area (Å²) in [4.78, 5) is 13.2. The van der Waals surface area contributed by atoms with Gasteiger partial charge in [-0.15, -0.1) is 11.3 Å². The van der Waals surface area contributed by atoms with E-state index in [4.69, 9.17) is 4.74 Å². The smallest absolute Gasteiger partial charge is 0.257 e. The van der Waals surface area contributed by atoms with E-state index in [0.29, 0.717) is 12.5 Å². The largest absolute Gasteiger partial charge is 0.483 e.